The molecule has 0 spiro atoms. The van der Waals surface area contributed by atoms with Gasteiger partial charge in [0.2, 0.25) is 0 Å². The van der Waals surface area contributed by atoms with Gasteiger partial charge in [0.1, 0.15) is 11.2 Å². The first-order valence-electron chi connectivity index (χ1n) is 6.52. The second kappa shape index (κ2) is 6.23. The van der Waals surface area contributed by atoms with Gasteiger partial charge in [0.25, 0.3) is 5.91 Å². The Labute approximate surface area is 127 Å². The van der Waals surface area contributed by atoms with Crippen molar-refractivity contribution >= 4 is 33.2 Å². The van der Waals surface area contributed by atoms with E-state index in [4.69, 9.17) is 5.73 Å². The van der Waals surface area contributed by atoms with Crippen LogP contribution in [0.3, 0.4) is 0 Å². The van der Waals surface area contributed by atoms with E-state index in [1.165, 1.54) is 28.8 Å². The van der Waals surface area contributed by atoms with Crippen LogP contribution in [0.15, 0.2) is 18.2 Å². The molecule has 1 aromatic carbocycles. The number of hydrogen-bond donors (Lipinski definition) is 1. The molecule has 1 aromatic rings. The molecule has 0 aromatic heterocycles. The van der Waals surface area contributed by atoms with Crippen LogP contribution in [0.1, 0.15) is 17.3 Å². The zero-order valence-corrected chi connectivity index (χ0v) is 13.2. The molecule has 1 unspecified atom stereocenters. The highest BCUT2D eigenvalue weighted by atomic mass is 32.2. The molecule has 2 N–H and O–H groups in total. The van der Waals surface area contributed by atoms with Gasteiger partial charge in [-0.05, 0) is 18.2 Å². The van der Waals surface area contributed by atoms with Crippen LogP contribution in [-0.4, -0.2) is 48.4 Å². The summed E-state index contributed by atoms with van der Waals surface area (Å²) in [6.07, 6.45) is 0. The highest BCUT2D eigenvalue weighted by molar-refractivity contribution is 8.01. The van der Waals surface area contributed by atoms with Crippen LogP contribution in [-0.2, 0) is 9.84 Å². The molecule has 116 valence electrons. The van der Waals surface area contributed by atoms with E-state index in [1.807, 2.05) is 0 Å². The molecule has 1 aliphatic heterocycles. The fourth-order valence-corrected chi connectivity index (χ4v) is 5.13. The highest BCUT2D eigenvalue weighted by Crippen LogP contribution is 2.24. The summed E-state index contributed by atoms with van der Waals surface area (Å²) >= 11 is 1.48. The average molecular weight is 332 g/mol. The van der Waals surface area contributed by atoms with Gasteiger partial charge in [-0.15, -0.1) is 0 Å². The Hall–Kier alpha value is -1.28. The summed E-state index contributed by atoms with van der Waals surface area (Å²) in [5, 5.41) is -0.908. The van der Waals surface area contributed by atoms with Gasteiger partial charge < -0.3 is 10.6 Å². The van der Waals surface area contributed by atoms with E-state index in [0.717, 1.165) is 6.07 Å². The molecule has 8 heteroatoms. The molecule has 0 radical (unpaired) electrons. The largest absolute Gasteiger partial charge is 0.399 e. The van der Waals surface area contributed by atoms with E-state index in [0.29, 0.717) is 11.5 Å². The second-order valence-corrected chi connectivity index (χ2v) is 8.32. The van der Waals surface area contributed by atoms with Crippen molar-refractivity contribution in [3.8, 4) is 0 Å². The van der Waals surface area contributed by atoms with E-state index in [1.54, 1.807) is 6.92 Å². The lowest BCUT2D eigenvalue weighted by Gasteiger charge is -2.34. The number of nitrogens with zero attached hydrogens (tertiary/aromatic N) is 1. The molecule has 1 heterocycles. The number of carbonyl (C=O) groups excluding carboxylic acids is 1. The number of sulfone groups is 1. The van der Waals surface area contributed by atoms with Crippen molar-refractivity contribution < 1.29 is 17.6 Å². The van der Waals surface area contributed by atoms with Gasteiger partial charge in [0.05, 0.1) is 5.56 Å². The van der Waals surface area contributed by atoms with Gasteiger partial charge in [0.15, 0.2) is 9.84 Å². The molecule has 0 bridgehead atoms. The van der Waals surface area contributed by atoms with Crippen molar-refractivity contribution in [3.05, 3.63) is 29.6 Å². The van der Waals surface area contributed by atoms with E-state index < -0.39 is 26.9 Å². The third kappa shape index (κ3) is 3.32. The van der Waals surface area contributed by atoms with Crippen molar-refractivity contribution in [1.29, 1.82) is 0 Å². The minimum Gasteiger partial charge on any atom is -0.399 e. The maximum absolute atomic E-state index is 13.8. The lowest BCUT2D eigenvalue weighted by atomic mass is 10.1. The molecule has 0 aliphatic carbocycles. The van der Waals surface area contributed by atoms with E-state index in [9.17, 15) is 17.6 Å². The molecule has 1 aliphatic rings. The van der Waals surface area contributed by atoms with Gasteiger partial charge in [-0.2, -0.15) is 11.8 Å². The van der Waals surface area contributed by atoms with E-state index >= 15 is 0 Å². The first kappa shape index (κ1) is 16.1. The molecule has 1 atom stereocenters. The summed E-state index contributed by atoms with van der Waals surface area (Å²) in [5.74, 6) is -0.430. The van der Waals surface area contributed by atoms with Crippen LogP contribution < -0.4 is 5.73 Å². The summed E-state index contributed by atoms with van der Waals surface area (Å²) in [7, 11) is -3.42. The fourth-order valence-electron chi connectivity index (χ4n) is 2.16. The van der Waals surface area contributed by atoms with Crippen molar-refractivity contribution in [3.63, 3.8) is 0 Å². The summed E-state index contributed by atoms with van der Waals surface area (Å²) < 4.78 is 38.1. The van der Waals surface area contributed by atoms with Crippen LogP contribution >= 0.6 is 11.8 Å². The van der Waals surface area contributed by atoms with Crippen LogP contribution in [0.2, 0.25) is 0 Å². The number of amides is 1. The quantitative estimate of drug-likeness (QED) is 0.845. The SMILES string of the molecule is CCS(=O)(=O)C1CSCCN1C(=O)c1cc(N)ccc1F. The number of thioether (sulfide) groups is 1. The van der Waals surface area contributed by atoms with Gasteiger partial charge in [-0.25, -0.2) is 12.8 Å². The predicted molar refractivity (Wildman–Crippen MR) is 82.4 cm³/mol. The predicted octanol–water partition coefficient (Wildman–Crippen LogP) is 1.36. The highest BCUT2D eigenvalue weighted by Gasteiger charge is 2.36. The Morgan fingerprint density at radius 2 is 2.24 bits per heavy atom. The van der Waals surface area contributed by atoms with Crippen molar-refractivity contribution in [2.24, 2.45) is 0 Å². The standard InChI is InChI=1S/C13H17FN2O3S2/c1-2-21(18,19)12-8-20-6-5-16(12)13(17)10-7-9(15)3-4-11(10)14/h3-4,7,12H,2,5-6,8,15H2,1H3. The fraction of sp³-hybridized carbons (Fsp3) is 0.462. The average Bonchev–Trinajstić information content (AvgIpc) is 2.49. The second-order valence-electron chi connectivity index (χ2n) is 4.72. The Morgan fingerprint density at radius 3 is 2.90 bits per heavy atom. The summed E-state index contributed by atoms with van der Waals surface area (Å²) in [5.41, 5.74) is 5.66. The first-order chi connectivity index (χ1) is 9.86. The zero-order chi connectivity index (χ0) is 15.6. The van der Waals surface area contributed by atoms with E-state index in [2.05, 4.69) is 0 Å². The minimum atomic E-state index is -3.42. The zero-order valence-electron chi connectivity index (χ0n) is 11.6. The minimum absolute atomic E-state index is 0.0541. The van der Waals surface area contributed by atoms with Gasteiger partial charge >= 0.3 is 0 Å². The number of halogens is 1. The smallest absolute Gasteiger partial charge is 0.258 e. The number of nitrogens with two attached hydrogens (primary N) is 1. The molecular formula is C13H17FN2O3S2. The van der Waals surface area contributed by atoms with Gasteiger partial charge in [0, 0.05) is 29.5 Å². The summed E-state index contributed by atoms with van der Waals surface area (Å²) in [4.78, 5) is 13.7. The molecule has 1 fully saturated rings. The Morgan fingerprint density at radius 1 is 1.52 bits per heavy atom. The van der Waals surface area contributed by atoms with Crippen molar-refractivity contribution in [2.75, 3.05) is 29.5 Å². The summed E-state index contributed by atoms with van der Waals surface area (Å²) in [6, 6.07) is 3.72. The number of nitrogen functional groups attached to an aromatic ring is 1. The number of benzene rings is 1. The molecular weight excluding hydrogens is 315 g/mol. The third-order valence-electron chi connectivity index (χ3n) is 3.38. The molecule has 0 saturated carbocycles. The Bertz CT molecular complexity index is 649. The van der Waals surface area contributed by atoms with Crippen LogP contribution in [0.4, 0.5) is 10.1 Å². The normalized spacial score (nSPS) is 19.5. The maximum atomic E-state index is 13.8. The van der Waals surface area contributed by atoms with Gasteiger partial charge in [-0.3, -0.25) is 4.79 Å². The Balaban J connectivity index is 2.37. The van der Waals surface area contributed by atoms with Crippen molar-refractivity contribution in [2.45, 2.75) is 12.3 Å². The number of hydrogen-bond acceptors (Lipinski definition) is 5. The first-order valence-corrected chi connectivity index (χ1v) is 9.39. The molecule has 2 rings (SSSR count). The summed E-state index contributed by atoms with van der Waals surface area (Å²) in [6.45, 7) is 1.82. The van der Waals surface area contributed by atoms with Crippen LogP contribution in [0.5, 0.6) is 0 Å². The number of carbonyl (C=O) groups is 1. The molecule has 1 saturated heterocycles. The van der Waals surface area contributed by atoms with Crippen molar-refractivity contribution in [1.82, 2.24) is 4.90 Å². The van der Waals surface area contributed by atoms with Crippen LogP contribution in [0, 0.1) is 5.82 Å². The molecule has 1 amide bonds. The lowest BCUT2D eigenvalue weighted by Crippen LogP contribution is -2.50. The molecule has 5 nitrogen and oxygen atoms in total. The lowest BCUT2D eigenvalue weighted by molar-refractivity contribution is 0.0744. The number of rotatable bonds is 3. The van der Waals surface area contributed by atoms with Gasteiger partial charge in [-0.1, -0.05) is 6.92 Å². The van der Waals surface area contributed by atoms with E-state index in [-0.39, 0.29) is 23.5 Å². The maximum Gasteiger partial charge on any atom is 0.258 e. The molecule has 21 heavy (non-hydrogen) atoms. The topological polar surface area (TPSA) is 80.5 Å². The third-order valence-corrected chi connectivity index (χ3v) is 6.67. The Kier molecular flexibility index (Phi) is 4.77. The monoisotopic (exact) mass is 332 g/mol. The number of anilines is 1. The van der Waals surface area contributed by atoms with Crippen LogP contribution in [0.25, 0.3) is 0 Å².